The van der Waals surface area contributed by atoms with Gasteiger partial charge in [0, 0.05) is 87.3 Å². The van der Waals surface area contributed by atoms with Gasteiger partial charge in [0.2, 0.25) is 0 Å². The molecule has 16 heteroatoms. The number of carbonyl (C=O) groups excluding carboxylic acids is 3. The molecule has 1 amide bonds. The van der Waals surface area contributed by atoms with Gasteiger partial charge in [0.05, 0.1) is 53.0 Å². The number of piperazine rings is 1. The van der Waals surface area contributed by atoms with E-state index in [1.54, 1.807) is 46.8 Å². The minimum absolute atomic E-state index is 0.0619. The third-order valence-corrected chi connectivity index (χ3v) is 13.6. The van der Waals surface area contributed by atoms with Crippen LogP contribution in [0.5, 0.6) is 23.0 Å². The quantitative estimate of drug-likeness (QED) is 0.0437. The van der Waals surface area contributed by atoms with Crippen LogP contribution in [-0.2, 0) is 23.8 Å². The molecule has 9 atom stereocenters. The van der Waals surface area contributed by atoms with Crippen molar-refractivity contribution in [3.63, 3.8) is 0 Å². The molecule has 2 aromatic carbocycles. The van der Waals surface area contributed by atoms with E-state index in [2.05, 4.69) is 22.2 Å². The Hall–Kier alpha value is -5.16. The van der Waals surface area contributed by atoms with Crippen molar-refractivity contribution in [3.05, 3.63) is 52.8 Å². The summed E-state index contributed by atoms with van der Waals surface area (Å²) < 4.78 is 23.8. The molecule has 0 spiro atoms. The lowest BCUT2D eigenvalue weighted by Crippen LogP contribution is -2.46. The fourth-order valence-electron chi connectivity index (χ4n) is 9.20. The van der Waals surface area contributed by atoms with Gasteiger partial charge in [-0.05, 0) is 32.9 Å². The first-order chi connectivity index (χ1) is 31.3. The maximum Gasteiger partial charge on any atom is 0.312 e. The van der Waals surface area contributed by atoms with Crippen LogP contribution < -0.4 is 10.1 Å². The summed E-state index contributed by atoms with van der Waals surface area (Å²) in [6, 6.07) is 0. The van der Waals surface area contributed by atoms with Gasteiger partial charge in [-0.2, -0.15) is 5.10 Å². The molecule has 4 aliphatic heterocycles. The van der Waals surface area contributed by atoms with Crippen molar-refractivity contribution in [3.8, 4) is 23.0 Å². The number of aliphatic hydroxyl groups excluding tert-OH is 2. The standard InChI is InChI=1S/C50H72N4O12/c1-11-12-13-14-15-16-21-53-22-24-54(25-23-53)51-27-35-40-45(60)38-37(44(35)59)39-47(33(7)43(38)58)66-50(9,48(39)61)64-26-20-36(63-10)30(4)46(65-34(8)55)32(6)42(57)31(5)41(56)28(2)18-17-19-29(3)49(62)52-40/h17-20,26-28,30-32,36,41-42,46,56-60H,11-16,21-25H2,1-10H3,(H,52,62)/b18-17+,26-20+,29-19-,51-27?/t28-,30-,31+,32-,36-,41-,42+,46+,50-/m0/s1. The van der Waals surface area contributed by atoms with Gasteiger partial charge in [0.15, 0.2) is 5.75 Å². The maximum atomic E-state index is 14.6. The van der Waals surface area contributed by atoms with Crippen molar-refractivity contribution in [1.29, 1.82) is 0 Å². The molecule has 4 aliphatic rings. The van der Waals surface area contributed by atoms with Crippen LogP contribution in [0.1, 0.15) is 115 Å². The zero-order valence-corrected chi connectivity index (χ0v) is 40.3. The molecule has 4 heterocycles. The Balaban J connectivity index is 1.60. The van der Waals surface area contributed by atoms with Gasteiger partial charge in [-0.15, -0.1) is 0 Å². The second kappa shape index (κ2) is 22.6. The highest BCUT2D eigenvalue weighted by molar-refractivity contribution is 6.23. The molecular formula is C50H72N4O12. The minimum atomic E-state index is -2.05. The fourth-order valence-corrected chi connectivity index (χ4v) is 9.20. The zero-order chi connectivity index (χ0) is 48.6. The van der Waals surface area contributed by atoms with E-state index in [4.69, 9.17) is 18.9 Å². The molecule has 1 saturated heterocycles. The lowest BCUT2D eigenvalue weighted by molar-refractivity contribution is -0.160. The van der Waals surface area contributed by atoms with Crippen LogP contribution in [0.4, 0.5) is 5.69 Å². The van der Waals surface area contributed by atoms with E-state index in [0.29, 0.717) is 13.1 Å². The number of rotatable bonds is 11. The number of fused-ring (bicyclic) bond motifs is 14. The Morgan fingerprint density at radius 2 is 1.58 bits per heavy atom. The number of ether oxygens (including phenoxy) is 4. The summed E-state index contributed by atoms with van der Waals surface area (Å²) in [4.78, 5) is 43.2. The molecule has 0 aliphatic carbocycles. The fraction of sp³-hybridized carbons (Fsp3) is 0.600. The van der Waals surface area contributed by atoms with Crippen LogP contribution in [0.15, 0.2) is 41.2 Å². The molecule has 0 saturated carbocycles. The van der Waals surface area contributed by atoms with Crippen molar-refractivity contribution in [2.45, 2.75) is 131 Å². The number of nitrogens with one attached hydrogen (secondary N) is 1. The summed E-state index contributed by atoms with van der Waals surface area (Å²) in [5.41, 5.74) is -0.303. The number of aliphatic hydroxyl groups is 2. The number of amides is 1. The number of hydrogen-bond donors (Lipinski definition) is 6. The van der Waals surface area contributed by atoms with Crippen molar-refractivity contribution >= 4 is 40.3 Å². The largest absolute Gasteiger partial charge is 0.507 e. The lowest BCUT2D eigenvalue weighted by Gasteiger charge is -2.38. The zero-order valence-electron chi connectivity index (χ0n) is 40.3. The summed E-state index contributed by atoms with van der Waals surface area (Å²) in [6.45, 7) is 18.5. The van der Waals surface area contributed by atoms with E-state index >= 15 is 0 Å². The van der Waals surface area contributed by atoms with Crippen molar-refractivity contribution in [2.75, 3.05) is 45.2 Å². The van der Waals surface area contributed by atoms with Crippen LogP contribution in [0.25, 0.3) is 10.8 Å². The van der Waals surface area contributed by atoms with Crippen molar-refractivity contribution in [2.24, 2.45) is 28.8 Å². The number of anilines is 1. The molecule has 1 fully saturated rings. The van der Waals surface area contributed by atoms with E-state index in [9.17, 15) is 39.9 Å². The number of benzene rings is 2. The third-order valence-electron chi connectivity index (χ3n) is 13.6. The Labute approximate surface area is 388 Å². The molecule has 6 rings (SSSR count). The summed E-state index contributed by atoms with van der Waals surface area (Å²) in [5.74, 6) is -8.30. The number of carbonyl (C=O) groups is 3. The summed E-state index contributed by atoms with van der Waals surface area (Å²) in [6.07, 6.45) is 12.2. The van der Waals surface area contributed by atoms with Gasteiger partial charge in [-0.3, -0.25) is 24.3 Å². The second-order valence-corrected chi connectivity index (χ2v) is 18.4. The number of Topliss-reactive ketones (excluding diaryl/α,β-unsaturated/α-hetero) is 1. The summed E-state index contributed by atoms with van der Waals surface area (Å²) >= 11 is 0. The Bertz CT molecular complexity index is 2200. The van der Waals surface area contributed by atoms with Crippen LogP contribution >= 0.6 is 0 Å². The van der Waals surface area contributed by atoms with Gasteiger partial charge in [0.25, 0.3) is 11.7 Å². The maximum absolute atomic E-state index is 14.6. The molecule has 5 bridgehead atoms. The number of aromatic hydroxyl groups is 3. The summed E-state index contributed by atoms with van der Waals surface area (Å²) in [5, 5.41) is 67.7. The number of methoxy groups -OCH3 is 1. The Morgan fingerprint density at radius 1 is 0.909 bits per heavy atom. The van der Waals surface area contributed by atoms with Crippen molar-refractivity contribution in [1.82, 2.24) is 9.91 Å². The molecule has 0 unspecified atom stereocenters. The van der Waals surface area contributed by atoms with Gasteiger partial charge in [-0.1, -0.05) is 85.0 Å². The number of hydrazone groups is 1. The molecule has 0 radical (unpaired) electrons. The monoisotopic (exact) mass is 921 g/mol. The van der Waals surface area contributed by atoms with Gasteiger partial charge < -0.3 is 49.8 Å². The van der Waals surface area contributed by atoms with Crippen LogP contribution in [0, 0.1) is 30.6 Å². The third kappa shape index (κ3) is 11.3. The molecule has 2 aromatic rings. The topological polar surface area (TPSA) is 220 Å². The van der Waals surface area contributed by atoms with Gasteiger partial charge in [-0.25, -0.2) is 0 Å². The van der Waals surface area contributed by atoms with Crippen LogP contribution in [0.3, 0.4) is 0 Å². The average Bonchev–Trinajstić information content (AvgIpc) is 3.55. The minimum Gasteiger partial charge on any atom is -0.507 e. The van der Waals surface area contributed by atoms with E-state index < -0.39 is 88.8 Å². The molecule has 0 aromatic heterocycles. The van der Waals surface area contributed by atoms with E-state index in [0.717, 1.165) is 26.1 Å². The smallest absolute Gasteiger partial charge is 0.312 e. The molecule has 364 valence electrons. The van der Waals surface area contributed by atoms with E-state index in [1.807, 2.05) is 5.01 Å². The molecule has 6 N–H and O–H groups in total. The predicted molar refractivity (Wildman–Crippen MR) is 253 cm³/mol. The van der Waals surface area contributed by atoms with Crippen LogP contribution in [-0.4, -0.2) is 129 Å². The first kappa shape index (κ1) is 51.8. The van der Waals surface area contributed by atoms with Gasteiger partial charge in [0.1, 0.15) is 23.4 Å². The highest BCUT2D eigenvalue weighted by atomic mass is 16.7. The van der Waals surface area contributed by atoms with Crippen molar-refractivity contribution < 1.29 is 58.9 Å². The first-order valence-corrected chi connectivity index (χ1v) is 23.4. The highest BCUT2D eigenvalue weighted by Gasteiger charge is 2.50. The van der Waals surface area contributed by atoms with Gasteiger partial charge >= 0.3 is 11.8 Å². The highest BCUT2D eigenvalue weighted by Crippen LogP contribution is 2.55. The SMILES string of the molecule is CCCCCCCCN1CCN(N=Cc2c3c(O)c4c(O)c(C)c5c(c4c2O)C(=O)[C@@](C)(O/C=C/[C@H](OC)[C@H](C)[C@@H](OC(C)=O)[C@@H](C)[C@H](O)[C@H](C)[C@@H](O)[C@@H](C)/C=C/C=C(/C)C(=O)N3)O5)CC1. The number of phenolic OH excluding ortho intramolecular Hbond substituents is 3. The normalized spacial score (nSPS) is 29.9. The first-order valence-electron chi connectivity index (χ1n) is 23.4. The van der Waals surface area contributed by atoms with E-state index in [1.165, 1.54) is 84.6 Å². The Kier molecular flexibility index (Phi) is 17.7. The number of esters is 1. The second-order valence-electron chi connectivity index (χ2n) is 18.4. The number of phenols is 3. The van der Waals surface area contributed by atoms with Crippen LogP contribution in [0.2, 0.25) is 0 Å². The number of nitrogens with zero attached hydrogens (tertiary/aromatic N) is 3. The van der Waals surface area contributed by atoms with E-state index in [-0.39, 0.29) is 44.5 Å². The lowest BCUT2D eigenvalue weighted by atomic mass is 9.78. The Morgan fingerprint density at radius 3 is 2.23 bits per heavy atom. The molecular weight excluding hydrogens is 849 g/mol. The number of allylic oxidation sites excluding steroid dienone is 2. The predicted octanol–water partition coefficient (Wildman–Crippen LogP) is 7.07. The summed E-state index contributed by atoms with van der Waals surface area (Å²) in [7, 11) is 1.44. The molecule has 66 heavy (non-hydrogen) atoms. The number of ketones is 1. The number of hydrogen-bond acceptors (Lipinski definition) is 15. The number of unbranched alkanes of at least 4 members (excludes halogenated alkanes) is 5. The molecule has 16 nitrogen and oxygen atoms in total. The average molecular weight is 921 g/mol.